The lowest BCUT2D eigenvalue weighted by Gasteiger charge is -2.10. The van der Waals surface area contributed by atoms with Gasteiger partial charge in [0.2, 0.25) is 0 Å². The molecule has 0 atom stereocenters. The summed E-state index contributed by atoms with van der Waals surface area (Å²) >= 11 is 21.5. The summed E-state index contributed by atoms with van der Waals surface area (Å²) in [5.41, 5.74) is 1.07. The van der Waals surface area contributed by atoms with Gasteiger partial charge < -0.3 is 4.74 Å². The molecule has 0 aliphatic heterocycles. The summed E-state index contributed by atoms with van der Waals surface area (Å²) in [6, 6.07) is 10.8. The largest absolute Gasteiger partial charge is 0.454 e. The minimum Gasteiger partial charge on any atom is -0.454 e. The molecule has 5 heteroatoms. The third-order valence-corrected chi connectivity index (χ3v) is 4.03. The number of halogens is 4. The number of hydrogen-bond donors (Lipinski definition) is 0. The fourth-order valence-corrected chi connectivity index (χ4v) is 2.31. The standard InChI is InChI=1S/C13H8BrCl3O/c14-7-8-4-5-11(10(16)6-8)18-12-3-1-2-9(15)13(12)17/h1-6H,7H2. The average Bonchev–Trinajstić information content (AvgIpc) is 2.37. The predicted molar refractivity (Wildman–Crippen MR) is 80.6 cm³/mol. The molecule has 1 nitrogen and oxygen atoms in total. The molecular formula is C13H8BrCl3O. The van der Waals surface area contributed by atoms with Crippen LogP contribution in [0.3, 0.4) is 0 Å². The fraction of sp³-hybridized carbons (Fsp3) is 0.0769. The maximum atomic E-state index is 6.13. The molecule has 2 aromatic carbocycles. The van der Waals surface area contributed by atoms with E-state index in [1.165, 1.54) is 0 Å². The van der Waals surface area contributed by atoms with Gasteiger partial charge >= 0.3 is 0 Å². The van der Waals surface area contributed by atoms with Crippen LogP contribution in [0, 0.1) is 0 Å². The number of alkyl halides is 1. The van der Waals surface area contributed by atoms with Gasteiger partial charge in [-0.3, -0.25) is 0 Å². The molecule has 94 valence electrons. The zero-order valence-electron chi connectivity index (χ0n) is 9.09. The Kier molecular flexibility index (Phi) is 4.79. The molecule has 0 amide bonds. The van der Waals surface area contributed by atoms with Crippen molar-refractivity contribution in [1.29, 1.82) is 0 Å². The third kappa shape index (κ3) is 3.12. The maximum absolute atomic E-state index is 6.13. The van der Waals surface area contributed by atoms with Crippen LogP contribution in [0.1, 0.15) is 5.56 Å². The van der Waals surface area contributed by atoms with Crippen LogP contribution in [-0.4, -0.2) is 0 Å². The summed E-state index contributed by atoms with van der Waals surface area (Å²) in [6.45, 7) is 0. The van der Waals surface area contributed by atoms with Crippen LogP contribution < -0.4 is 4.74 Å². The molecular weight excluding hydrogens is 358 g/mol. The highest BCUT2D eigenvalue weighted by molar-refractivity contribution is 9.08. The van der Waals surface area contributed by atoms with E-state index in [0.29, 0.717) is 26.6 Å². The molecule has 18 heavy (non-hydrogen) atoms. The lowest BCUT2D eigenvalue weighted by molar-refractivity contribution is 0.483. The van der Waals surface area contributed by atoms with Gasteiger partial charge in [0.05, 0.1) is 10.0 Å². The van der Waals surface area contributed by atoms with Gasteiger partial charge in [-0.2, -0.15) is 0 Å². The zero-order valence-corrected chi connectivity index (χ0v) is 12.9. The average molecular weight is 366 g/mol. The maximum Gasteiger partial charge on any atom is 0.147 e. The van der Waals surface area contributed by atoms with Gasteiger partial charge in [0.25, 0.3) is 0 Å². The lowest BCUT2D eigenvalue weighted by Crippen LogP contribution is -1.88. The molecule has 0 saturated heterocycles. The summed E-state index contributed by atoms with van der Waals surface area (Å²) in [7, 11) is 0. The molecule has 0 fully saturated rings. The van der Waals surface area contributed by atoms with Crippen molar-refractivity contribution in [2.75, 3.05) is 0 Å². The second-order valence-corrected chi connectivity index (χ2v) is 5.31. The van der Waals surface area contributed by atoms with E-state index in [2.05, 4.69) is 15.9 Å². The van der Waals surface area contributed by atoms with E-state index in [1.807, 2.05) is 12.1 Å². The summed E-state index contributed by atoms with van der Waals surface area (Å²) in [6.07, 6.45) is 0. The molecule has 0 aliphatic rings. The summed E-state index contributed by atoms with van der Waals surface area (Å²) in [5, 5.41) is 2.09. The Bertz CT molecular complexity index is 572. The summed E-state index contributed by atoms with van der Waals surface area (Å²) in [5.74, 6) is 1.03. The van der Waals surface area contributed by atoms with Crippen molar-refractivity contribution < 1.29 is 4.74 Å². The van der Waals surface area contributed by atoms with E-state index in [1.54, 1.807) is 24.3 Å². The van der Waals surface area contributed by atoms with Crippen molar-refractivity contribution in [2.45, 2.75) is 5.33 Å². The third-order valence-electron chi connectivity index (χ3n) is 2.29. The number of hydrogen-bond acceptors (Lipinski definition) is 1. The van der Waals surface area contributed by atoms with Gasteiger partial charge in [-0.15, -0.1) is 0 Å². The molecule has 0 aromatic heterocycles. The van der Waals surface area contributed by atoms with E-state index in [-0.39, 0.29) is 0 Å². The van der Waals surface area contributed by atoms with Gasteiger partial charge in [0, 0.05) is 5.33 Å². The molecule has 0 aliphatic carbocycles. The van der Waals surface area contributed by atoms with Crippen molar-refractivity contribution in [3.63, 3.8) is 0 Å². The number of ether oxygens (including phenoxy) is 1. The molecule has 0 bridgehead atoms. The van der Waals surface area contributed by atoms with E-state index >= 15 is 0 Å². The predicted octanol–water partition coefficient (Wildman–Crippen LogP) is 6.33. The van der Waals surface area contributed by atoms with E-state index in [4.69, 9.17) is 39.5 Å². The normalized spacial score (nSPS) is 10.4. The van der Waals surface area contributed by atoms with E-state index in [9.17, 15) is 0 Å². The summed E-state index contributed by atoms with van der Waals surface area (Å²) in [4.78, 5) is 0. The molecule has 0 unspecified atom stereocenters. The number of benzene rings is 2. The molecule has 0 spiro atoms. The van der Waals surface area contributed by atoms with Crippen LogP contribution in [0.5, 0.6) is 11.5 Å². The van der Waals surface area contributed by atoms with Gasteiger partial charge in [0.1, 0.15) is 16.5 Å². The van der Waals surface area contributed by atoms with Crippen LogP contribution >= 0.6 is 50.7 Å². The van der Waals surface area contributed by atoms with E-state index in [0.717, 1.165) is 10.9 Å². The first kappa shape index (κ1) is 14.0. The van der Waals surface area contributed by atoms with E-state index < -0.39 is 0 Å². The Hall–Kier alpha value is -0.410. The molecule has 0 radical (unpaired) electrons. The molecule has 0 N–H and O–H groups in total. The molecule has 0 saturated carbocycles. The van der Waals surface area contributed by atoms with Crippen molar-refractivity contribution in [1.82, 2.24) is 0 Å². The van der Waals surface area contributed by atoms with Crippen LogP contribution in [-0.2, 0) is 5.33 Å². The quantitative estimate of drug-likeness (QED) is 0.576. The second-order valence-electron chi connectivity index (χ2n) is 3.55. The van der Waals surface area contributed by atoms with Crippen LogP contribution in [0.15, 0.2) is 36.4 Å². The second kappa shape index (κ2) is 6.16. The highest BCUT2D eigenvalue weighted by Gasteiger charge is 2.09. The van der Waals surface area contributed by atoms with Crippen molar-refractivity contribution in [3.8, 4) is 11.5 Å². The van der Waals surface area contributed by atoms with Crippen molar-refractivity contribution in [3.05, 3.63) is 57.0 Å². The van der Waals surface area contributed by atoms with Gasteiger partial charge in [-0.25, -0.2) is 0 Å². The highest BCUT2D eigenvalue weighted by atomic mass is 79.9. The highest BCUT2D eigenvalue weighted by Crippen LogP contribution is 2.37. The Morgan fingerprint density at radius 1 is 0.944 bits per heavy atom. The number of rotatable bonds is 3. The van der Waals surface area contributed by atoms with Crippen LogP contribution in [0.2, 0.25) is 15.1 Å². The first-order valence-electron chi connectivity index (χ1n) is 5.08. The Balaban J connectivity index is 2.31. The van der Waals surface area contributed by atoms with Gasteiger partial charge in [-0.1, -0.05) is 62.9 Å². The van der Waals surface area contributed by atoms with Gasteiger partial charge in [0.15, 0.2) is 0 Å². The SMILES string of the molecule is Clc1cc(CBr)ccc1Oc1cccc(Cl)c1Cl. The smallest absolute Gasteiger partial charge is 0.147 e. The molecule has 2 aromatic rings. The minimum absolute atomic E-state index is 0.375. The topological polar surface area (TPSA) is 9.23 Å². The first-order chi connectivity index (χ1) is 8.61. The summed E-state index contributed by atoms with van der Waals surface area (Å²) < 4.78 is 5.66. The zero-order chi connectivity index (χ0) is 13.1. The molecule has 0 heterocycles. The van der Waals surface area contributed by atoms with Crippen molar-refractivity contribution >= 4 is 50.7 Å². The monoisotopic (exact) mass is 364 g/mol. The van der Waals surface area contributed by atoms with Crippen molar-refractivity contribution in [2.24, 2.45) is 0 Å². The Morgan fingerprint density at radius 2 is 1.72 bits per heavy atom. The molecule has 2 rings (SSSR count). The lowest BCUT2D eigenvalue weighted by atomic mass is 10.2. The first-order valence-corrected chi connectivity index (χ1v) is 7.33. The minimum atomic E-state index is 0.375. The fourth-order valence-electron chi connectivity index (χ4n) is 1.39. The van der Waals surface area contributed by atoms with Crippen LogP contribution in [0.25, 0.3) is 0 Å². The Labute approximate surface area is 129 Å². The Morgan fingerprint density at radius 3 is 2.39 bits per heavy atom. The van der Waals surface area contributed by atoms with Gasteiger partial charge in [-0.05, 0) is 29.8 Å². The van der Waals surface area contributed by atoms with Crippen LogP contribution in [0.4, 0.5) is 0 Å².